The second-order valence-corrected chi connectivity index (χ2v) is 7.91. The Bertz CT molecular complexity index is 857. The minimum Gasteiger partial charge on any atom is -0.491 e. The fourth-order valence-electron chi connectivity index (χ4n) is 3.68. The Labute approximate surface area is 173 Å². The van der Waals surface area contributed by atoms with Crippen LogP contribution in [0.15, 0.2) is 54.7 Å². The summed E-state index contributed by atoms with van der Waals surface area (Å²) in [6.07, 6.45) is 1.54. The third-order valence-corrected chi connectivity index (χ3v) is 5.28. The zero-order valence-corrected chi connectivity index (χ0v) is 17.4. The van der Waals surface area contributed by atoms with Crippen molar-refractivity contribution in [2.45, 2.75) is 26.3 Å². The molecule has 4 rings (SSSR count). The van der Waals surface area contributed by atoms with Gasteiger partial charge in [-0.05, 0) is 57.3 Å². The quantitative estimate of drug-likeness (QED) is 0.840. The summed E-state index contributed by atoms with van der Waals surface area (Å²) < 4.78 is 11.7. The number of likely N-dealkylation sites (N-methyl/N-ethyl adjacent to an activating group) is 1. The minimum atomic E-state index is -0.547. The lowest BCUT2D eigenvalue weighted by Gasteiger charge is -2.34. The normalized spacial score (nSPS) is 20.0. The van der Waals surface area contributed by atoms with Crippen LogP contribution in [0, 0.1) is 0 Å². The van der Waals surface area contributed by atoms with Crippen LogP contribution in [0.25, 0.3) is 5.76 Å². The molecule has 1 saturated heterocycles. The summed E-state index contributed by atoms with van der Waals surface area (Å²) in [6.45, 7) is 8.33. The Morgan fingerprint density at radius 3 is 2.38 bits per heavy atom. The van der Waals surface area contributed by atoms with Gasteiger partial charge in [0, 0.05) is 43.1 Å². The molecule has 6 nitrogen and oxygen atoms in total. The predicted octanol–water partition coefficient (Wildman–Crippen LogP) is 3.30. The molecule has 1 unspecified atom stereocenters. The van der Waals surface area contributed by atoms with E-state index in [1.807, 2.05) is 49.2 Å². The molecule has 1 fully saturated rings. The summed E-state index contributed by atoms with van der Waals surface area (Å²) >= 11 is 0. The first kappa shape index (κ1) is 19.6. The standard InChI is InChI=1S/C23H30N4O2/c1-17(2)28-21-6-4-5-18(15-21)22-16-27(23(24)29-22)20-9-7-19(8-10-20)26-13-11-25(3)12-14-26/h4-10,15-17,23H,11-14,24H2,1-3H3. The van der Waals surface area contributed by atoms with Crippen molar-refractivity contribution in [3.63, 3.8) is 0 Å². The number of hydrogen-bond donors (Lipinski definition) is 1. The van der Waals surface area contributed by atoms with Crippen molar-refractivity contribution in [3.8, 4) is 5.75 Å². The van der Waals surface area contributed by atoms with Crippen LogP contribution >= 0.6 is 0 Å². The van der Waals surface area contributed by atoms with E-state index in [0.29, 0.717) is 0 Å². The molecule has 2 aliphatic rings. The van der Waals surface area contributed by atoms with Crippen molar-refractivity contribution in [2.24, 2.45) is 5.73 Å². The molecule has 6 heteroatoms. The molecule has 0 aromatic heterocycles. The number of nitrogens with zero attached hydrogens (tertiary/aromatic N) is 3. The lowest BCUT2D eigenvalue weighted by molar-refractivity contribution is 0.199. The van der Waals surface area contributed by atoms with Crippen LogP contribution in [0.4, 0.5) is 11.4 Å². The van der Waals surface area contributed by atoms with E-state index in [-0.39, 0.29) is 6.10 Å². The molecule has 0 spiro atoms. The Hall–Kier alpha value is -2.70. The molecule has 2 aliphatic heterocycles. The van der Waals surface area contributed by atoms with E-state index in [9.17, 15) is 0 Å². The first-order valence-corrected chi connectivity index (χ1v) is 10.2. The van der Waals surface area contributed by atoms with Gasteiger partial charge in [0.1, 0.15) is 11.5 Å². The van der Waals surface area contributed by atoms with Gasteiger partial charge in [-0.15, -0.1) is 0 Å². The average Bonchev–Trinajstić information content (AvgIpc) is 3.10. The SMILES string of the molecule is CC(C)Oc1cccc(C2=CN(c3ccc(N4CCN(C)CC4)cc3)C(N)O2)c1. The van der Waals surface area contributed by atoms with Gasteiger partial charge < -0.3 is 19.3 Å². The maximum Gasteiger partial charge on any atom is 0.231 e. The highest BCUT2D eigenvalue weighted by molar-refractivity contribution is 5.69. The van der Waals surface area contributed by atoms with Crippen LogP contribution in [0.1, 0.15) is 19.4 Å². The topological polar surface area (TPSA) is 54.2 Å². The zero-order chi connectivity index (χ0) is 20.4. The van der Waals surface area contributed by atoms with Crippen LogP contribution in [0.5, 0.6) is 5.75 Å². The molecular formula is C23H30N4O2. The van der Waals surface area contributed by atoms with Crippen molar-refractivity contribution < 1.29 is 9.47 Å². The molecule has 0 radical (unpaired) electrons. The predicted molar refractivity (Wildman–Crippen MR) is 118 cm³/mol. The Morgan fingerprint density at radius 1 is 1.00 bits per heavy atom. The lowest BCUT2D eigenvalue weighted by atomic mass is 10.2. The van der Waals surface area contributed by atoms with Crippen molar-refractivity contribution in [2.75, 3.05) is 43.0 Å². The van der Waals surface area contributed by atoms with Gasteiger partial charge in [0.2, 0.25) is 6.35 Å². The van der Waals surface area contributed by atoms with Gasteiger partial charge in [-0.2, -0.15) is 0 Å². The maximum absolute atomic E-state index is 6.26. The van der Waals surface area contributed by atoms with Crippen LogP contribution in [-0.4, -0.2) is 50.6 Å². The number of anilines is 2. The molecule has 0 bridgehead atoms. The van der Waals surface area contributed by atoms with Gasteiger partial charge in [0.15, 0.2) is 0 Å². The summed E-state index contributed by atoms with van der Waals surface area (Å²) in [7, 11) is 2.17. The number of ether oxygens (including phenoxy) is 2. The Balaban J connectivity index is 1.49. The first-order valence-electron chi connectivity index (χ1n) is 10.2. The minimum absolute atomic E-state index is 0.126. The second-order valence-electron chi connectivity index (χ2n) is 7.91. The Morgan fingerprint density at radius 2 is 1.69 bits per heavy atom. The maximum atomic E-state index is 6.26. The van der Waals surface area contributed by atoms with E-state index in [4.69, 9.17) is 15.2 Å². The number of benzene rings is 2. The molecule has 0 amide bonds. The van der Waals surface area contributed by atoms with Gasteiger partial charge in [-0.1, -0.05) is 12.1 Å². The second kappa shape index (κ2) is 8.35. The van der Waals surface area contributed by atoms with Gasteiger partial charge >= 0.3 is 0 Å². The summed E-state index contributed by atoms with van der Waals surface area (Å²) in [5, 5.41) is 0. The molecular weight excluding hydrogens is 364 g/mol. The monoisotopic (exact) mass is 394 g/mol. The molecule has 2 aromatic carbocycles. The molecule has 1 atom stereocenters. The van der Waals surface area contributed by atoms with E-state index in [1.54, 1.807) is 0 Å². The van der Waals surface area contributed by atoms with E-state index in [1.165, 1.54) is 5.69 Å². The number of piperazine rings is 1. The third-order valence-electron chi connectivity index (χ3n) is 5.28. The van der Waals surface area contributed by atoms with Crippen LogP contribution < -0.4 is 20.3 Å². The van der Waals surface area contributed by atoms with E-state index in [0.717, 1.165) is 48.9 Å². The van der Waals surface area contributed by atoms with E-state index in [2.05, 4.69) is 41.1 Å². The Kier molecular flexibility index (Phi) is 5.65. The van der Waals surface area contributed by atoms with Gasteiger partial charge in [-0.25, -0.2) is 0 Å². The smallest absolute Gasteiger partial charge is 0.231 e. The molecule has 2 N–H and O–H groups in total. The third kappa shape index (κ3) is 4.49. The summed E-state index contributed by atoms with van der Waals surface area (Å²) in [5.74, 6) is 1.57. The highest BCUT2D eigenvalue weighted by Crippen LogP contribution is 2.32. The highest BCUT2D eigenvalue weighted by atomic mass is 16.5. The van der Waals surface area contributed by atoms with Crippen LogP contribution in [0.3, 0.4) is 0 Å². The van der Waals surface area contributed by atoms with Gasteiger partial charge in [0.25, 0.3) is 0 Å². The molecule has 2 aromatic rings. The van der Waals surface area contributed by atoms with Gasteiger partial charge in [-0.3, -0.25) is 10.6 Å². The van der Waals surface area contributed by atoms with E-state index < -0.39 is 6.35 Å². The largest absolute Gasteiger partial charge is 0.491 e. The summed E-state index contributed by atoms with van der Waals surface area (Å²) in [6, 6.07) is 16.4. The van der Waals surface area contributed by atoms with Crippen LogP contribution in [0.2, 0.25) is 0 Å². The summed E-state index contributed by atoms with van der Waals surface area (Å²) in [5.41, 5.74) is 9.47. The van der Waals surface area contributed by atoms with Crippen molar-refractivity contribution in [3.05, 3.63) is 60.3 Å². The number of hydrogen-bond acceptors (Lipinski definition) is 6. The molecule has 0 saturated carbocycles. The highest BCUT2D eigenvalue weighted by Gasteiger charge is 2.25. The van der Waals surface area contributed by atoms with Crippen molar-refractivity contribution in [1.29, 1.82) is 0 Å². The number of rotatable bonds is 5. The van der Waals surface area contributed by atoms with Crippen molar-refractivity contribution in [1.82, 2.24) is 4.90 Å². The van der Waals surface area contributed by atoms with E-state index >= 15 is 0 Å². The molecule has 154 valence electrons. The van der Waals surface area contributed by atoms with Gasteiger partial charge in [0.05, 0.1) is 12.3 Å². The first-order chi connectivity index (χ1) is 14.0. The fraction of sp³-hybridized carbons (Fsp3) is 0.391. The van der Waals surface area contributed by atoms with Crippen molar-refractivity contribution >= 4 is 17.1 Å². The molecule has 29 heavy (non-hydrogen) atoms. The average molecular weight is 395 g/mol. The molecule has 0 aliphatic carbocycles. The number of nitrogens with two attached hydrogens (primary N) is 1. The fourth-order valence-corrected chi connectivity index (χ4v) is 3.68. The van der Waals surface area contributed by atoms with Crippen LogP contribution in [-0.2, 0) is 4.74 Å². The lowest BCUT2D eigenvalue weighted by Crippen LogP contribution is -2.44. The summed E-state index contributed by atoms with van der Waals surface area (Å²) in [4.78, 5) is 6.74. The zero-order valence-electron chi connectivity index (χ0n) is 17.4. The molecule has 2 heterocycles.